The summed E-state index contributed by atoms with van der Waals surface area (Å²) in [5, 5.41) is 7.97. The number of benzene rings is 1. The molecule has 2 atom stereocenters. The zero-order valence-corrected chi connectivity index (χ0v) is 14.5. The highest BCUT2D eigenvalue weighted by Crippen LogP contribution is 2.48. The molecule has 25 heavy (non-hydrogen) atoms. The summed E-state index contributed by atoms with van der Waals surface area (Å²) in [4.78, 5) is 36.9. The van der Waals surface area contributed by atoms with Crippen molar-refractivity contribution in [2.24, 2.45) is 5.41 Å². The molecule has 3 N–H and O–H groups in total. The van der Waals surface area contributed by atoms with Gasteiger partial charge in [0, 0.05) is 37.5 Å². The number of rotatable bonds is 4. The number of amides is 3. The molecule has 7 heteroatoms. The van der Waals surface area contributed by atoms with E-state index in [9.17, 15) is 14.4 Å². The molecule has 0 aromatic heterocycles. The Morgan fingerprint density at radius 2 is 1.68 bits per heavy atom. The van der Waals surface area contributed by atoms with E-state index in [0.29, 0.717) is 29.8 Å². The molecule has 1 aliphatic carbocycles. The van der Waals surface area contributed by atoms with E-state index in [4.69, 9.17) is 4.74 Å². The van der Waals surface area contributed by atoms with Gasteiger partial charge in [0.1, 0.15) is 0 Å². The molecule has 3 rings (SSSR count). The lowest BCUT2D eigenvalue weighted by Crippen LogP contribution is -2.39. The number of anilines is 1. The van der Waals surface area contributed by atoms with Gasteiger partial charge in [0.2, 0.25) is 5.91 Å². The molecule has 2 aliphatic rings. The number of hydrogen-bond donors (Lipinski definition) is 3. The predicted molar refractivity (Wildman–Crippen MR) is 92.5 cm³/mol. The molecule has 3 amide bonds. The minimum Gasteiger partial charge on any atom is -0.377 e. The second kappa shape index (κ2) is 6.84. The smallest absolute Gasteiger partial charge is 0.251 e. The van der Waals surface area contributed by atoms with Crippen molar-refractivity contribution in [3.05, 3.63) is 29.3 Å². The largest absolute Gasteiger partial charge is 0.377 e. The van der Waals surface area contributed by atoms with Gasteiger partial charge in [-0.1, -0.05) is 0 Å². The van der Waals surface area contributed by atoms with Crippen LogP contribution in [0.2, 0.25) is 0 Å². The second-order valence-electron chi connectivity index (χ2n) is 6.57. The fourth-order valence-corrected chi connectivity index (χ4v) is 3.83. The summed E-state index contributed by atoms with van der Waals surface area (Å²) in [6.07, 6.45) is 3.35. The number of carbonyl (C=O) groups excluding carboxylic acids is 3. The van der Waals surface area contributed by atoms with Crippen molar-refractivity contribution in [3.63, 3.8) is 0 Å². The van der Waals surface area contributed by atoms with E-state index in [1.54, 1.807) is 12.1 Å². The normalized spacial score (nSPS) is 24.5. The lowest BCUT2D eigenvalue weighted by Gasteiger charge is -2.26. The van der Waals surface area contributed by atoms with Crippen LogP contribution in [0.3, 0.4) is 0 Å². The van der Waals surface area contributed by atoms with Crippen LogP contribution < -0.4 is 16.0 Å². The number of fused-ring (bicyclic) bond motifs is 1. The Morgan fingerprint density at radius 1 is 1.04 bits per heavy atom. The maximum atomic E-state index is 12.9. The lowest BCUT2D eigenvalue weighted by atomic mass is 9.81. The molecule has 1 heterocycles. The Balaban J connectivity index is 1.89. The summed E-state index contributed by atoms with van der Waals surface area (Å²) in [5.41, 5.74) is 0.594. The molecule has 1 saturated carbocycles. The van der Waals surface area contributed by atoms with Crippen LogP contribution in [-0.2, 0) is 9.53 Å². The van der Waals surface area contributed by atoms with Crippen LogP contribution in [0, 0.1) is 5.41 Å². The monoisotopic (exact) mass is 345 g/mol. The Hall–Kier alpha value is -2.41. The molecule has 134 valence electrons. The van der Waals surface area contributed by atoms with Gasteiger partial charge >= 0.3 is 0 Å². The van der Waals surface area contributed by atoms with E-state index in [1.165, 1.54) is 20.2 Å². The molecule has 1 saturated heterocycles. The molecule has 0 radical (unpaired) electrons. The summed E-state index contributed by atoms with van der Waals surface area (Å²) in [6.45, 7) is 0.597. The summed E-state index contributed by atoms with van der Waals surface area (Å²) in [5.74, 6) is -0.728. The van der Waals surface area contributed by atoms with Gasteiger partial charge in [-0.3, -0.25) is 14.4 Å². The molecule has 0 bridgehead atoms. The van der Waals surface area contributed by atoms with E-state index >= 15 is 0 Å². The Bertz CT molecular complexity index is 672. The first-order chi connectivity index (χ1) is 12.0. The number of hydrogen-bond acceptors (Lipinski definition) is 4. The third kappa shape index (κ3) is 3.11. The zero-order valence-electron chi connectivity index (χ0n) is 14.5. The van der Waals surface area contributed by atoms with Crippen LogP contribution in [0.15, 0.2) is 18.2 Å². The summed E-state index contributed by atoms with van der Waals surface area (Å²) < 4.78 is 5.71. The third-order valence-electron chi connectivity index (χ3n) is 5.19. The van der Waals surface area contributed by atoms with Crippen molar-refractivity contribution in [1.82, 2.24) is 10.6 Å². The van der Waals surface area contributed by atoms with Crippen molar-refractivity contribution in [3.8, 4) is 0 Å². The van der Waals surface area contributed by atoms with Gasteiger partial charge in [0.25, 0.3) is 11.8 Å². The van der Waals surface area contributed by atoms with Gasteiger partial charge in [-0.15, -0.1) is 0 Å². The first-order valence-electron chi connectivity index (χ1n) is 8.52. The van der Waals surface area contributed by atoms with E-state index in [-0.39, 0.29) is 23.8 Å². The average molecular weight is 345 g/mol. The quantitative estimate of drug-likeness (QED) is 0.766. The van der Waals surface area contributed by atoms with Crippen LogP contribution in [-0.4, -0.2) is 44.5 Å². The van der Waals surface area contributed by atoms with Crippen LogP contribution in [0.1, 0.15) is 46.4 Å². The fraction of sp³-hybridized carbons (Fsp3) is 0.500. The summed E-state index contributed by atoms with van der Waals surface area (Å²) in [7, 11) is 3.04. The molecule has 1 aromatic rings. The van der Waals surface area contributed by atoms with Gasteiger partial charge in [0.05, 0.1) is 11.5 Å². The molecule has 0 spiro atoms. The summed E-state index contributed by atoms with van der Waals surface area (Å²) in [6, 6.07) is 4.67. The highest BCUT2D eigenvalue weighted by Gasteiger charge is 2.52. The molecule has 7 nitrogen and oxygen atoms in total. The third-order valence-corrected chi connectivity index (χ3v) is 5.19. The van der Waals surface area contributed by atoms with Gasteiger partial charge < -0.3 is 20.7 Å². The molecular weight excluding hydrogens is 322 g/mol. The molecule has 2 fully saturated rings. The fourth-order valence-electron chi connectivity index (χ4n) is 3.83. The Kier molecular flexibility index (Phi) is 4.76. The highest BCUT2D eigenvalue weighted by atomic mass is 16.5. The van der Waals surface area contributed by atoms with Crippen molar-refractivity contribution >= 4 is 23.4 Å². The first-order valence-corrected chi connectivity index (χ1v) is 8.52. The van der Waals surface area contributed by atoms with E-state index in [1.807, 2.05) is 0 Å². The second-order valence-corrected chi connectivity index (χ2v) is 6.57. The molecule has 1 aromatic carbocycles. The van der Waals surface area contributed by atoms with E-state index in [2.05, 4.69) is 16.0 Å². The van der Waals surface area contributed by atoms with Crippen molar-refractivity contribution in [2.75, 3.05) is 26.0 Å². The van der Waals surface area contributed by atoms with Crippen molar-refractivity contribution < 1.29 is 19.1 Å². The number of nitrogens with one attached hydrogen (secondary N) is 3. The van der Waals surface area contributed by atoms with Crippen molar-refractivity contribution in [2.45, 2.75) is 31.8 Å². The minimum absolute atomic E-state index is 0.0342. The van der Waals surface area contributed by atoms with Gasteiger partial charge in [-0.2, -0.15) is 0 Å². The highest BCUT2D eigenvalue weighted by molar-refractivity contribution is 6.03. The Labute approximate surface area is 146 Å². The van der Waals surface area contributed by atoms with Crippen molar-refractivity contribution in [1.29, 1.82) is 0 Å². The lowest BCUT2D eigenvalue weighted by molar-refractivity contribution is -0.127. The maximum absolute atomic E-state index is 12.9. The van der Waals surface area contributed by atoms with E-state index < -0.39 is 5.41 Å². The van der Waals surface area contributed by atoms with Crippen LogP contribution in [0.5, 0.6) is 0 Å². The van der Waals surface area contributed by atoms with Gasteiger partial charge in [-0.05, 0) is 43.9 Å². The number of carbonyl (C=O) groups is 3. The molecule has 0 unspecified atom stereocenters. The van der Waals surface area contributed by atoms with E-state index in [0.717, 1.165) is 19.3 Å². The minimum atomic E-state index is -0.490. The van der Waals surface area contributed by atoms with Gasteiger partial charge in [-0.25, -0.2) is 0 Å². The zero-order chi connectivity index (χ0) is 18.0. The number of ether oxygens (including phenoxy) is 1. The van der Waals surface area contributed by atoms with Gasteiger partial charge in [0.15, 0.2) is 0 Å². The van der Waals surface area contributed by atoms with Crippen LogP contribution in [0.4, 0.5) is 5.69 Å². The standard InChI is InChI=1S/C18H23N3O4/c1-19-15(22)11-8-12(16(23)20-2)10-13(9-11)21-17(24)18-5-3-4-14(18)25-7-6-18/h8-10,14H,3-7H2,1-2H3,(H,19,22)(H,20,23)(H,21,24)/t14-,18+/m1/s1. The molecule has 1 aliphatic heterocycles. The Morgan fingerprint density at radius 3 is 2.28 bits per heavy atom. The molecular formula is C18H23N3O4. The SMILES string of the molecule is CNC(=O)c1cc(NC(=O)[C@]23CCC[C@H]2OCC3)cc(C(=O)NC)c1. The predicted octanol–water partition coefficient (Wildman–Crippen LogP) is 1.30. The van der Waals surface area contributed by atoms with Crippen LogP contribution >= 0.6 is 0 Å². The first kappa shape index (κ1) is 17.4. The topological polar surface area (TPSA) is 96.5 Å². The average Bonchev–Trinajstić information content (AvgIpc) is 3.21. The summed E-state index contributed by atoms with van der Waals surface area (Å²) >= 11 is 0. The van der Waals surface area contributed by atoms with Crippen LogP contribution in [0.25, 0.3) is 0 Å². The maximum Gasteiger partial charge on any atom is 0.251 e.